The largest absolute Gasteiger partial charge is 0.491 e. The first-order valence-electron chi connectivity index (χ1n) is 10.6. The van der Waals surface area contributed by atoms with Gasteiger partial charge in [0.05, 0.1) is 11.7 Å². The summed E-state index contributed by atoms with van der Waals surface area (Å²) in [7, 11) is 0. The molecule has 0 bridgehead atoms. The molecule has 2 fully saturated rings. The van der Waals surface area contributed by atoms with Crippen LogP contribution in [0.4, 0.5) is 19.3 Å². The summed E-state index contributed by atoms with van der Waals surface area (Å²) in [5.41, 5.74) is 0.447. The van der Waals surface area contributed by atoms with Crippen molar-refractivity contribution in [2.45, 2.75) is 31.7 Å². The fourth-order valence-electron chi connectivity index (χ4n) is 4.05. The molecule has 0 spiro atoms. The zero-order chi connectivity index (χ0) is 21.8. The summed E-state index contributed by atoms with van der Waals surface area (Å²) in [6.07, 6.45) is 3.65. The van der Waals surface area contributed by atoms with E-state index in [1.807, 2.05) is 4.90 Å². The molecule has 0 saturated carbocycles. The fraction of sp³-hybridized carbons (Fsp3) is 0.391. The third kappa shape index (κ3) is 4.95. The van der Waals surface area contributed by atoms with Crippen LogP contribution in [0.2, 0.25) is 0 Å². The molecule has 4 rings (SSSR count). The van der Waals surface area contributed by atoms with Crippen LogP contribution in [-0.4, -0.2) is 54.0 Å². The standard InChI is InChI=1S/C23H25F2N3O3/c24-17-7-10-20(25)21(14-17)26-23(30)28-13-3-4-18(28)15-31-19-8-5-16(6-9-19)22(29)27-11-1-2-12-27/h5-10,14,18H,1-4,11-13,15H2,(H,26,30). The fourth-order valence-corrected chi connectivity index (χ4v) is 4.05. The lowest BCUT2D eigenvalue weighted by Crippen LogP contribution is -2.41. The number of urea groups is 1. The molecule has 2 saturated heterocycles. The smallest absolute Gasteiger partial charge is 0.322 e. The SMILES string of the molecule is O=C(c1ccc(OCC2CCCN2C(=O)Nc2cc(F)ccc2F)cc1)N1CCCC1. The molecule has 164 valence electrons. The minimum Gasteiger partial charge on any atom is -0.491 e. The molecule has 2 aromatic carbocycles. The van der Waals surface area contributed by atoms with Gasteiger partial charge >= 0.3 is 6.03 Å². The van der Waals surface area contributed by atoms with Crippen LogP contribution in [0.25, 0.3) is 0 Å². The number of hydrogen-bond donors (Lipinski definition) is 1. The minimum atomic E-state index is -0.690. The number of nitrogens with zero attached hydrogens (tertiary/aromatic N) is 2. The molecule has 1 N–H and O–H groups in total. The molecule has 6 nitrogen and oxygen atoms in total. The van der Waals surface area contributed by atoms with Crippen molar-refractivity contribution in [3.8, 4) is 5.75 Å². The van der Waals surface area contributed by atoms with E-state index in [0.717, 1.165) is 57.0 Å². The second-order valence-electron chi connectivity index (χ2n) is 7.88. The Hall–Kier alpha value is -3.16. The van der Waals surface area contributed by atoms with Gasteiger partial charge in [-0.25, -0.2) is 13.6 Å². The number of anilines is 1. The van der Waals surface area contributed by atoms with Crippen LogP contribution in [-0.2, 0) is 0 Å². The Morgan fingerprint density at radius 1 is 1.00 bits per heavy atom. The van der Waals surface area contributed by atoms with Crippen molar-refractivity contribution in [1.82, 2.24) is 9.80 Å². The average molecular weight is 429 g/mol. The van der Waals surface area contributed by atoms with E-state index in [2.05, 4.69) is 5.32 Å². The molecule has 2 heterocycles. The van der Waals surface area contributed by atoms with Crippen molar-refractivity contribution in [2.24, 2.45) is 0 Å². The van der Waals surface area contributed by atoms with Gasteiger partial charge in [-0.2, -0.15) is 0 Å². The summed E-state index contributed by atoms with van der Waals surface area (Å²) in [5, 5.41) is 2.44. The number of likely N-dealkylation sites (tertiary alicyclic amines) is 2. The number of amides is 3. The Bertz CT molecular complexity index is 946. The zero-order valence-corrected chi connectivity index (χ0v) is 17.2. The van der Waals surface area contributed by atoms with Crippen molar-refractivity contribution < 1.29 is 23.1 Å². The lowest BCUT2D eigenvalue weighted by atomic mass is 10.2. The van der Waals surface area contributed by atoms with E-state index in [1.54, 1.807) is 29.2 Å². The first kappa shape index (κ1) is 21.1. The van der Waals surface area contributed by atoms with Crippen LogP contribution in [0, 0.1) is 11.6 Å². The highest BCUT2D eigenvalue weighted by molar-refractivity contribution is 5.94. The van der Waals surface area contributed by atoms with Crippen LogP contribution in [0.15, 0.2) is 42.5 Å². The van der Waals surface area contributed by atoms with Gasteiger partial charge in [0.15, 0.2) is 0 Å². The van der Waals surface area contributed by atoms with E-state index in [1.165, 1.54) is 0 Å². The van der Waals surface area contributed by atoms with Crippen LogP contribution in [0.3, 0.4) is 0 Å². The summed E-state index contributed by atoms with van der Waals surface area (Å²) in [6, 6.07) is 9.29. The van der Waals surface area contributed by atoms with Gasteiger partial charge in [-0.3, -0.25) is 4.79 Å². The van der Waals surface area contributed by atoms with Crippen molar-refractivity contribution in [3.05, 3.63) is 59.7 Å². The molecular formula is C23H25F2N3O3. The van der Waals surface area contributed by atoms with E-state index in [4.69, 9.17) is 4.74 Å². The predicted molar refractivity (Wildman–Crippen MR) is 112 cm³/mol. The maximum Gasteiger partial charge on any atom is 0.322 e. The van der Waals surface area contributed by atoms with Crippen LogP contribution < -0.4 is 10.1 Å². The Morgan fingerprint density at radius 2 is 1.74 bits per heavy atom. The van der Waals surface area contributed by atoms with Gasteiger partial charge in [-0.15, -0.1) is 0 Å². The average Bonchev–Trinajstić information content (AvgIpc) is 3.47. The third-order valence-electron chi connectivity index (χ3n) is 5.74. The summed E-state index contributed by atoms with van der Waals surface area (Å²) >= 11 is 0. The predicted octanol–water partition coefficient (Wildman–Crippen LogP) is 4.28. The summed E-state index contributed by atoms with van der Waals surface area (Å²) in [6.45, 7) is 2.39. The summed E-state index contributed by atoms with van der Waals surface area (Å²) in [5.74, 6) is -0.663. The lowest BCUT2D eigenvalue weighted by molar-refractivity contribution is 0.0792. The van der Waals surface area contributed by atoms with Crippen LogP contribution >= 0.6 is 0 Å². The normalized spacial score (nSPS) is 18.3. The molecule has 2 aliphatic rings. The van der Waals surface area contributed by atoms with E-state index in [9.17, 15) is 18.4 Å². The highest BCUT2D eigenvalue weighted by atomic mass is 19.1. The number of ether oxygens (including phenoxy) is 1. The molecule has 0 aliphatic carbocycles. The van der Waals surface area contributed by atoms with E-state index in [-0.39, 0.29) is 24.2 Å². The number of rotatable bonds is 5. The number of hydrogen-bond acceptors (Lipinski definition) is 3. The highest BCUT2D eigenvalue weighted by Gasteiger charge is 2.30. The van der Waals surface area contributed by atoms with Crippen molar-refractivity contribution >= 4 is 17.6 Å². The van der Waals surface area contributed by atoms with Gasteiger partial charge in [-0.05, 0) is 62.1 Å². The number of benzene rings is 2. The van der Waals surface area contributed by atoms with Crippen molar-refractivity contribution in [2.75, 3.05) is 31.6 Å². The van der Waals surface area contributed by atoms with Crippen LogP contribution in [0.1, 0.15) is 36.0 Å². The number of nitrogens with one attached hydrogen (secondary N) is 1. The van der Waals surface area contributed by atoms with Gasteiger partial charge in [0.1, 0.15) is 24.0 Å². The first-order chi connectivity index (χ1) is 15.0. The van der Waals surface area contributed by atoms with Crippen molar-refractivity contribution in [1.29, 1.82) is 0 Å². The molecule has 1 unspecified atom stereocenters. The van der Waals surface area contributed by atoms with Crippen LogP contribution in [0.5, 0.6) is 5.75 Å². The molecular weight excluding hydrogens is 404 g/mol. The van der Waals surface area contributed by atoms with E-state index in [0.29, 0.717) is 17.9 Å². The quantitative estimate of drug-likeness (QED) is 0.772. The Morgan fingerprint density at radius 3 is 2.48 bits per heavy atom. The molecule has 31 heavy (non-hydrogen) atoms. The topological polar surface area (TPSA) is 61.9 Å². The van der Waals surface area contributed by atoms with Crippen molar-refractivity contribution in [3.63, 3.8) is 0 Å². The molecule has 2 aliphatic heterocycles. The second-order valence-corrected chi connectivity index (χ2v) is 7.88. The first-order valence-corrected chi connectivity index (χ1v) is 10.6. The highest BCUT2D eigenvalue weighted by Crippen LogP contribution is 2.23. The van der Waals surface area contributed by atoms with Gasteiger partial charge in [0.25, 0.3) is 5.91 Å². The van der Waals surface area contributed by atoms with E-state index < -0.39 is 17.7 Å². The van der Waals surface area contributed by atoms with Gasteiger partial charge in [0.2, 0.25) is 0 Å². The summed E-state index contributed by atoms with van der Waals surface area (Å²) in [4.78, 5) is 28.4. The summed E-state index contributed by atoms with van der Waals surface area (Å²) < 4.78 is 33.0. The zero-order valence-electron chi connectivity index (χ0n) is 17.2. The number of carbonyl (C=O) groups is 2. The van der Waals surface area contributed by atoms with E-state index >= 15 is 0 Å². The molecule has 0 aromatic heterocycles. The monoisotopic (exact) mass is 429 g/mol. The molecule has 8 heteroatoms. The Kier molecular flexibility index (Phi) is 6.34. The van der Waals surface area contributed by atoms with Gasteiger partial charge in [-0.1, -0.05) is 0 Å². The molecule has 1 atom stereocenters. The number of halogens is 2. The molecule has 2 aromatic rings. The maximum atomic E-state index is 13.8. The minimum absolute atomic E-state index is 0.0345. The molecule has 0 radical (unpaired) electrons. The Labute approximate surface area is 179 Å². The lowest BCUT2D eigenvalue weighted by Gasteiger charge is -2.25. The maximum absolute atomic E-state index is 13.8. The Balaban J connectivity index is 1.33. The van der Waals surface area contributed by atoms with Gasteiger partial charge in [0, 0.05) is 31.3 Å². The molecule has 3 amide bonds. The number of carbonyl (C=O) groups excluding carboxylic acids is 2. The second kappa shape index (κ2) is 9.32. The van der Waals surface area contributed by atoms with Gasteiger partial charge < -0.3 is 19.9 Å². The third-order valence-corrected chi connectivity index (χ3v) is 5.74.